The molecule has 0 spiro atoms. The van der Waals surface area contributed by atoms with Crippen LogP contribution in [0.25, 0.3) is 0 Å². The number of hydrogen-bond donors (Lipinski definition) is 2. The number of nitrogens with two attached hydrogens (primary N) is 1. The number of rotatable bonds is 3. The van der Waals surface area contributed by atoms with Crippen molar-refractivity contribution in [3.63, 3.8) is 0 Å². The fourth-order valence-electron chi connectivity index (χ4n) is 2.06. The number of nitrogens with one attached hydrogen (secondary N) is 1. The third-order valence-electron chi connectivity index (χ3n) is 3.58. The zero-order valence-corrected chi connectivity index (χ0v) is 9.32. The molecule has 0 unspecified atom stereocenters. The van der Waals surface area contributed by atoms with Crippen LogP contribution in [0.2, 0.25) is 0 Å². The van der Waals surface area contributed by atoms with E-state index in [1.54, 1.807) is 0 Å². The Balaban J connectivity index is 1.77. The number of anilines is 2. The molecule has 0 bridgehead atoms. The molecule has 16 heavy (non-hydrogen) atoms. The molecular formula is C11H17N5. The largest absolute Gasteiger partial charge is 0.368 e. The van der Waals surface area contributed by atoms with Crippen molar-refractivity contribution in [2.45, 2.75) is 50.5 Å². The van der Waals surface area contributed by atoms with E-state index >= 15 is 0 Å². The Labute approximate surface area is 94.9 Å². The molecule has 0 radical (unpaired) electrons. The minimum atomic E-state index is 0.346. The van der Waals surface area contributed by atoms with Gasteiger partial charge < -0.3 is 11.1 Å². The summed E-state index contributed by atoms with van der Waals surface area (Å²) < 4.78 is 0. The van der Waals surface area contributed by atoms with Gasteiger partial charge in [0.25, 0.3) is 0 Å². The lowest BCUT2D eigenvalue weighted by atomic mass is 9.85. The first kappa shape index (κ1) is 9.81. The maximum Gasteiger partial charge on any atom is 0.227 e. The first-order chi connectivity index (χ1) is 7.81. The molecule has 0 atom stereocenters. The predicted octanol–water partition coefficient (Wildman–Crippen LogP) is 1.69. The SMILES string of the molecule is Nc1nc(NC2CCC2)nc(C2CCC2)n1. The second kappa shape index (κ2) is 3.88. The van der Waals surface area contributed by atoms with Crippen LogP contribution in [0, 0.1) is 0 Å². The molecule has 3 rings (SSSR count). The van der Waals surface area contributed by atoms with Crippen LogP contribution in [-0.4, -0.2) is 21.0 Å². The van der Waals surface area contributed by atoms with Crippen molar-refractivity contribution in [2.75, 3.05) is 11.1 Å². The van der Waals surface area contributed by atoms with Gasteiger partial charge >= 0.3 is 0 Å². The van der Waals surface area contributed by atoms with E-state index in [9.17, 15) is 0 Å². The number of nitrogen functional groups attached to an aromatic ring is 1. The number of hydrogen-bond acceptors (Lipinski definition) is 5. The smallest absolute Gasteiger partial charge is 0.227 e. The summed E-state index contributed by atoms with van der Waals surface area (Å²) in [6.07, 6.45) is 7.38. The lowest BCUT2D eigenvalue weighted by molar-refractivity contribution is 0.400. The Bertz CT molecular complexity index is 384. The first-order valence-corrected chi connectivity index (χ1v) is 6.09. The van der Waals surface area contributed by atoms with E-state index < -0.39 is 0 Å². The molecular weight excluding hydrogens is 202 g/mol. The minimum absolute atomic E-state index is 0.346. The standard InChI is InChI=1S/C11H17N5/c12-10-14-9(7-3-1-4-7)15-11(16-10)13-8-5-2-6-8/h7-8H,1-6H2,(H3,12,13,14,15,16). The van der Waals surface area contributed by atoms with Gasteiger partial charge in [0.05, 0.1) is 0 Å². The first-order valence-electron chi connectivity index (χ1n) is 6.09. The fraction of sp³-hybridized carbons (Fsp3) is 0.727. The van der Waals surface area contributed by atoms with Gasteiger partial charge in [-0.2, -0.15) is 15.0 Å². The van der Waals surface area contributed by atoms with Crippen LogP contribution in [0.15, 0.2) is 0 Å². The summed E-state index contributed by atoms with van der Waals surface area (Å²) in [6, 6.07) is 0.538. The van der Waals surface area contributed by atoms with Crippen LogP contribution in [0.1, 0.15) is 50.3 Å². The van der Waals surface area contributed by atoms with Crippen LogP contribution in [0.3, 0.4) is 0 Å². The van der Waals surface area contributed by atoms with Crippen molar-refractivity contribution in [3.05, 3.63) is 5.82 Å². The highest BCUT2D eigenvalue weighted by Crippen LogP contribution is 2.34. The van der Waals surface area contributed by atoms with Crippen LogP contribution in [0.4, 0.5) is 11.9 Å². The van der Waals surface area contributed by atoms with Gasteiger partial charge in [-0.05, 0) is 32.1 Å². The van der Waals surface area contributed by atoms with Crippen molar-refractivity contribution >= 4 is 11.9 Å². The molecule has 0 saturated heterocycles. The molecule has 0 aliphatic heterocycles. The third kappa shape index (κ3) is 1.81. The van der Waals surface area contributed by atoms with Crippen molar-refractivity contribution in [3.8, 4) is 0 Å². The molecule has 5 heteroatoms. The van der Waals surface area contributed by atoms with Crippen molar-refractivity contribution < 1.29 is 0 Å². The summed E-state index contributed by atoms with van der Waals surface area (Å²) in [4.78, 5) is 12.8. The van der Waals surface area contributed by atoms with Crippen molar-refractivity contribution in [2.24, 2.45) is 0 Å². The average Bonchev–Trinajstić information content (AvgIpc) is 2.07. The summed E-state index contributed by atoms with van der Waals surface area (Å²) in [6.45, 7) is 0. The summed E-state index contributed by atoms with van der Waals surface area (Å²) >= 11 is 0. The Morgan fingerprint density at radius 2 is 1.75 bits per heavy atom. The second-order valence-corrected chi connectivity index (χ2v) is 4.78. The molecule has 86 valence electrons. The lowest BCUT2D eigenvalue weighted by Gasteiger charge is -2.27. The highest BCUT2D eigenvalue weighted by Gasteiger charge is 2.24. The van der Waals surface area contributed by atoms with Gasteiger partial charge in [0.2, 0.25) is 11.9 Å². The normalized spacial score (nSPS) is 21.2. The van der Waals surface area contributed by atoms with Gasteiger partial charge in [-0.3, -0.25) is 0 Å². The van der Waals surface area contributed by atoms with Gasteiger partial charge in [-0.25, -0.2) is 0 Å². The molecule has 1 heterocycles. The zero-order valence-electron chi connectivity index (χ0n) is 9.32. The molecule has 2 aliphatic carbocycles. The summed E-state index contributed by atoms with van der Waals surface area (Å²) in [5.41, 5.74) is 5.71. The Hall–Kier alpha value is -1.39. The average molecular weight is 219 g/mol. The lowest BCUT2D eigenvalue weighted by Crippen LogP contribution is -2.29. The van der Waals surface area contributed by atoms with Gasteiger partial charge in [0, 0.05) is 12.0 Å². The van der Waals surface area contributed by atoms with E-state index in [-0.39, 0.29) is 0 Å². The Morgan fingerprint density at radius 3 is 2.31 bits per heavy atom. The quantitative estimate of drug-likeness (QED) is 0.809. The van der Waals surface area contributed by atoms with E-state index in [1.165, 1.54) is 38.5 Å². The van der Waals surface area contributed by atoms with Crippen LogP contribution in [-0.2, 0) is 0 Å². The molecule has 1 aromatic rings. The van der Waals surface area contributed by atoms with Gasteiger partial charge in [0.1, 0.15) is 5.82 Å². The third-order valence-corrected chi connectivity index (χ3v) is 3.58. The van der Waals surface area contributed by atoms with Crippen molar-refractivity contribution in [1.29, 1.82) is 0 Å². The van der Waals surface area contributed by atoms with Crippen molar-refractivity contribution in [1.82, 2.24) is 15.0 Å². The number of aromatic nitrogens is 3. The molecule has 2 aliphatic rings. The van der Waals surface area contributed by atoms with E-state index in [2.05, 4.69) is 20.3 Å². The van der Waals surface area contributed by atoms with Gasteiger partial charge in [-0.1, -0.05) is 6.42 Å². The summed E-state index contributed by atoms with van der Waals surface area (Å²) in [7, 11) is 0. The highest BCUT2D eigenvalue weighted by atomic mass is 15.2. The van der Waals surface area contributed by atoms with Crippen LogP contribution >= 0.6 is 0 Å². The van der Waals surface area contributed by atoms with Crippen LogP contribution < -0.4 is 11.1 Å². The zero-order chi connectivity index (χ0) is 11.0. The minimum Gasteiger partial charge on any atom is -0.368 e. The summed E-state index contributed by atoms with van der Waals surface area (Å²) in [5.74, 6) is 2.39. The topological polar surface area (TPSA) is 76.7 Å². The Kier molecular flexibility index (Phi) is 2.38. The molecule has 5 nitrogen and oxygen atoms in total. The summed E-state index contributed by atoms with van der Waals surface area (Å²) in [5, 5.41) is 3.32. The maximum absolute atomic E-state index is 5.71. The van der Waals surface area contributed by atoms with Gasteiger partial charge in [0.15, 0.2) is 0 Å². The molecule has 2 fully saturated rings. The molecule has 0 amide bonds. The monoisotopic (exact) mass is 219 g/mol. The number of nitrogens with zero attached hydrogens (tertiary/aromatic N) is 3. The van der Waals surface area contributed by atoms with E-state index in [4.69, 9.17) is 5.73 Å². The molecule has 2 saturated carbocycles. The van der Waals surface area contributed by atoms with Gasteiger partial charge in [-0.15, -0.1) is 0 Å². The highest BCUT2D eigenvalue weighted by molar-refractivity contribution is 5.33. The molecule has 1 aromatic heterocycles. The van der Waals surface area contributed by atoms with E-state index in [1.807, 2.05) is 0 Å². The van der Waals surface area contributed by atoms with E-state index in [0.717, 1.165) is 5.82 Å². The maximum atomic E-state index is 5.71. The second-order valence-electron chi connectivity index (χ2n) is 4.78. The van der Waals surface area contributed by atoms with E-state index in [0.29, 0.717) is 23.9 Å². The molecule has 3 N–H and O–H groups in total. The Morgan fingerprint density at radius 1 is 1.00 bits per heavy atom. The fourth-order valence-corrected chi connectivity index (χ4v) is 2.06. The molecule has 0 aromatic carbocycles. The van der Waals surface area contributed by atoms with Crippen LogP contribution in [0.5, 0.6) is 0 Å². The predicted molar refractivity (Wildman–Crippen MR) is 62.1 cm³/mol.